The van der Waals surface area contributed by atoms with Gasteiger partial charge in [-0.05, 0) is 61.4 Å². The van der Waals surface area contributed by atoms with Crippen molar-refractivity contribution < 1.29 is 47.5 Å². The average molecular weight is 747 g/mol. The first-order valence-corrected chi connectivity index (χ1v) is 18.1. The number of nitrogens with two attached hydrogens (primary N) is 1. The van der Waals surface area contributed by atoms with Crippen molar-refractivity contribution in [3.63, 3.8) is 0 Å². The summed E-state index contributed by atoms with van der Waals surface area (Å²) in [4.78, 5) is 65.3. The van der Waals surface area contributed by atoms with Crippen LogP contribution in [0, 0.1) is 5.92 Å². The zero-order valence-corrected chi connectivity index (χ0v) is 29.8. The van der Waals surface area contributed by atoms with Gasteiger partial charge in [-0.3, -0.25) is 24.0 Å². The minimum absolute atomic E-state index is 0.0733. The van der Waals surface area contributed by atoms with Gasteiger partial charge in [-0.2, -0.15) is 0 Å². The van der Waals surface area contributed by atoms with Crippen LogP contribution in [0.4, 0.5) is 0 Å². The summed E-state index contributed by atoms with van der Waals surface area (Å²) in [6.07, 6.45) is 0.650. The molecule has 0 bridgehead atoms. The molecule has 1 aliphatic heterocycles. The first kappa shape index (κ1) is 41.0. The van der Waals surface area contributed by atoms with Gasteiger partial charge in [0.2, 0.25) is 27.7 Å². The van der Waals surface area contributed by atoms with Crippen molar-refractivity contribution in [1.29, 1.82) is 0 Å². The van der Waals surface area contributed by atoms with E-state index in [1.807, 2.05) is 44.2 Å². The lowest BCUT2D eigenvalue weighted by molar-refractivity contribution is -0.140. The summed E-state index contributed by atoms with van der Waals surface area (Å²) >= 11 is 5.63. The molecule has 1 saturated heterocycles. The molecular formula is C32H43BN6O10S2. The number of hydrogen-bond donors (Lipinski definition) is 8. The monoisotopic (exact) mass is 746 g/mol. The summed E-state index contributed by atoms with van der Waals surface area (Å²) in [5.74, 6) is -5.06. The molecule has 16 nitrogen and oxygen atoms in total. The largest absolute Gasteiger partial charge is 0.481 e. The smallest absolute Gasteiger partial charge is 0.475 e. The van der Waals surface area contributed by atoms with Crippen LogP contribution in [0.5, 0.6) is 0 Å². The highest BCUT2D eigenvalue weighted by molar-refractivity contribution is 7.89. The second kappa shape index (κ2) is 18.7. The molecule has 0 radical (unpaired) electrons. The van der Waals surface area contributed by atoms with Gasteiger partial charge >= 0.3 is 13.1 Å². The van der Waals surface area contributed by atoms with Gasteiger partial charge in [-0.25, -0.2) is 13.6 Å². The molecule has 9 N–H and O–H groups in total. The summed E-state index contributed by atoms with van der Waals surface area (Å²) in [5.41, 5.74) is 0.776. The molecule has 2 aromatic carbocycles. The number of sulfonamides is 1. The molecule has 4 amide bonds. The number of hydrogen-bond acceptors (Lipinski definition) is 10. The first-order chi connectivity index (χ1) is 24.0. The maximum absolute atomic E-state index is 13.6. The van der Waals surface area contributed by atoms with E-state index in [4.69, 9.17) is 17.4 Å². The fraction of sp³-hybridized carbons (Fsp3) is 0.438. The zero-order chi connectivity index (χ0) is 37.9. The van der Waals surface area contributed by atoms with Crippen LogP contribution in [0.3, 0.4) is 0 Å². The van der Waals surface area contributed by atoms with Crippen molar-refractivity contribution in [1.82, 2.24) is 26.2 Å². The third kappa shape index (κ3) is 12.7. The number of rotatable bonds is 17. The third-order valence-corrected chi connectivity index (χ3v) is 9.40. The Labute approximate surface area is 301 Å². The van der Waals surface area contributed by atoms with E-state index in [0.717, 1.165) is 29.8 Å². The van der Waals surface area contributed by atoms with E-state index in [0.29, 0.717) is 19.3 Å². The number of primary sulfonamides is 1. The first-order valence-electron chi connectivity index (χ1n) is 16.2. The molecule has 1 fully saturated rings. The predicted octanol–water partition coefficient (Wildman–Crippen LogP) is -0.914. The number of likely N-dealkylation sites (tertiary alicyclic amines) is 1. The topological polar surface area (TPSA) is 258 Å². The number of carbonyl (C=O) groups excluding carboxylic acids is 4. The average Bonchev–Trinajstić information content (AvgIpc) is 3.56. The van der Waals surface area contributed by atoms with Crippen LogP contribution in [0.2, 0.25) is 0 Å². The maximum atomic E-state index is 13.6. The zero-order valence-electron chi connectivity index (χ0n) is 28.2. The van der Waals surface area contributed by atoms with E-state index in [1.165, 1.54) is 4.90 Å². The highest BCUT2D eigenvalue weighted by Gasteiger charge is 2.36. The molecular weight excluding hydrogens is 703 g/mol. The molecule has 0 aromatic heterocycles. The molecule has 3 rings (SSSR count). The number of nitrogens with zero attached hydrogens (tertiary/aromatic N) is 1. The molecule has 1 heterocycles. The van der Waals surface area contributed by atoms with E-state index >= 15 is 0 Å². The predicted molar refractivity (Wildman–Crippen MR) is 190 cm³/mol. The van der Waals surface area contributed by atoms with Crippen molar-refractivity contribution in [3.05, 3.63) is 65.7 Å². The fourth-order valence-corrected chi connectivity index (χ4v) is 6.33. The number of carboxylic acids is 1. The Morgan fingerprint density at radius 1 is 0.980 bits per heavy atom. The second-order valence-corrected chi connectivity index (χ2v) is 14.6. The van der Waals surface area contributed by atoms with Crippen molar-refractivity contribution in [2.75, 3.05) is 13.1 Å². The lowest BCUT2D eigenvalue weighted by Gasteiger charge is -2.29. The second-order valence-electron chi connectivity index (χ2n) is 12.6. The number of nitrogens with one attached hydrogen (secondary N) is 4. The number of thiocarbonyl (C=S) groups is 1. The van der Waals surface area contributed by atoms with E-state index in [-0.39, 0.29) is 34.3 Å². The van der Waals surface area contributed by atoms with Crippen molar-refractivity contribution >= 4 is 63.9 Å². The lowest BCUT2D eigenvalue weighted by atomic mass is 9.75. The maximum Gasteiger partial charge on any atom is 0.475 e. The Morgan fingerprint density at radius 3 is 2.20 bits per heavy atom. The summed E-state index contributed by atoms with van der Waals surface area (Å²) in [7, 11) is -5.73. The van der Waals surface area contributed by atoms with Gasteiger partial charge in [-0.1, -0.05) is 56.4 Å². The normalized spacial score (nSPS) is 16.0. The summed E-state index contributed by atoms with van der Waals surface area (Å²) in [6.45, 7) is 3.44. The Morgan fingerprint density at radius 2 is 1.63 bits per heavy atom. The van der Waals surface area contributed by atoms with Gasteiger partial charge in [0.05, 0.1) is 34.8 Å². The molecule has 0 unspecified atom stereocenters. The molecule has 19 heteroatoms. The highest BCUT2D eigenvalue weighted by atomic mass is 32.2. The molecule has 51 heavy (non-hydrogen) atoms. The van der Waals surface area contributed by atoms with Crippen LogP contribution < -0.4 is 26.4 Å². The Bertz CT molecular complexity index is 1680. The highest BCUT2D eigenvalue weighted by Crippen LogP contribution is 2.19. The van der Waals surface area contributed by atoms with E-state index in [1.54, 1.807) is 0 Å². The molecule has 0 saturated carbocycles. The Balaban J connectivity index is 1.67. The molecule has 0 aliphatic carbocycles. The SMILES string of the molecule is CC(C)C[C@H](NC(=S)[C@H](Cc1ccccc1)NC(=O)[C@@H]1CCCN1C(=O)CNC(=O)[C@H](CC(=O)O)NC(=O)c1ccc(S(N)(=O)=O)cc1)B(O)O. The molecule has 2 aromatic rings. The minimum Gasteiger partial charge on any atom is -0.481 e. The van der Waals surface area contributed by atoms with Gasteiger partial charge < -0.3 is 41.3 Å². The van der Waals surface area contributed by atoms with Gasteiger partial charge in [0.25, 0.3) is 5.91 Å². The molecule has 4 atom stereocenters. The molecule has 276 valence electrons. The number of aliphatic carboxylic acids is 1. The number of carboxylic acid groups (broad SMARTS) is 1. The van der Waals surface area contributed by atoms with Crippen molar-refractivity contribution in [2.45, 2.75) is 74.9 Å². The lowest BCUT2D eigenvalue weighted by Crippen LogP contribution is -2.57. The van der Waals surface area contributed by atoms with Crippen molar-refractivity contribution in [3.8, 4) is 0 Å². The Kier molecular flexibility index (Phi) is 15.0. The van der Waals surface area contributed by atoms with Gasteiger partial charge in [-0.15, -0.1) is 0 Å². The van der Waals surface area contributed by atoms with Gasteiger partial charge in [0.15, 0.2) is 0 Å². The molecule has 0 spiro atoms. The summed E-state index contributed by atoms with van der Waals surface area (Å²) < 4.78 is 23.0. The quantitative estimate of drug-likeness (QED) is 0.0723. The van der Waals surface area contributed by atoms with Crippen LogP contribution in [-0.2, 0) is 35.6 Å². The molecule has 1 aliphatic rings. The Hall–Kier alpha value is -4.43. The summed E-state index contributed by atoms with van der Waals surface area (Å²) in [6, 6.07) is 10.4. The van der Waals surface area contributed by atoms with Crippen molar-refractivity contribution in [2.24, 2.45) is 11.1 Å². The van der Waals surface area contributed by atoms with Crippen LogP contribution >= 0.6 is 12.2 Å². The van der Waals surface area contributed by atoms with E-state index in [9.17, 15) is 47.5 Å². The van der Waals surface area contributed by atoms with Gasteiger partial charge in [0.1, 0.15) is 12.1 Å². The standard InChI is InChI=1S/C32H43BN6O10S2/c1-19(2)15-26(33(46)47)38-32(50)24(16-20-7-4-3-5-8-20)37-31(45)25-9-6-14-39(25)27(40)18-35-30(44)23(17-28(41)42)36-29(43)21-10-12-22(13-11-21)51(34,48)49/h3-5,7-8,10-13,19,23-26,46-47H,6,9,14-18H2,1-2H3,(H,35,44)(H,36,43)(H,37,45)(H,38,50)(H,41,42)(H2,34,48,49)/t23-,24-,25-,26-/m0/s1. The van der Waals surface area contributed by atoms with E-state index in [2.05, 4.69) is 21.3 Å². The fourth-order valence-electron chi connectivity index (χ4n) is 5.52. The van der Waals surface area contributed by atoms with Crippen LogP contribution in [-0.4, -0.2) is 107 Å². The number of carbonyl (C=O) groups is 5. The number of amides is 4. The van der Waals surface area contributed by atoms with Crippen LogP contribution in [0.15, 0.2) is 59.5 Å². The van der Waals surface area contributed by atoms with Crippen LogP contribution in [0.1, 0.15) is 55.5 Å². The summed E-state index contributed by atoms with van der Waals surface area (Å²) in [5, 5.41) is 44.7. The minimum atomic E-state index is -4.02. The van der Waals surface area contributed by atoms with Gasteiger partial charge in [0, 0.05) is 12.1 Å². The van der Waals surface area contributed by atoms with Crippen LogP contribution in [0.25, 0.3) is 0 Å². The third-order valence-electron chi connectivity index (χ3n) is 8.06. The van der Waals surface area contributed by atoms with E-state index < -0.39 is 83.8 Å². The number of benzene rings is 2.